The minimum Gasteiger partial charge on any atom is -0.393 e. The zero-order chi connectivity index (χ0) is 15.7. The SMILES string of the molecule is C[C@]12CC[C@@H]3[C@@H](CC[C@@H]4C[C@H](O)CC[C@]43C)[C@H]1C[C@@H]([NH3+])[C@@H]2O. The Balaban J connectivity index is 1.63. The summed E-state index contributed by atoms with van der Waals surface area (Å²) in [6, 6.07) is 0.229. The van der Waals surface area contributed by atoms with Gasteiger partial charge in [-0.25, -0.2) is 0 Å². The second kappa shape index (κ2) is 4.94. The van der Waals surface area contributed by atoms with Gasteiger partial charge in [0.2, 0.25) is 0 Å². The maximum absolute atomic E-state index is 10.7. The van der Waals surface area contributed by atoms with Crippen molar-refractivity contribution in [1.29, 1.82) is 0 Å². The molecule has 0 amide bonds. The number of hydrogen-bond donors (Lipinski definition) is 3. The fourth-order valence-electron chi connectivity index (χ4n) is 7.39. The van der Waals surface area contributed by atoms with Gasteiger partial charge in [-0.3, -0.25) is 0 Å². The van der Waals surface area contributed by atoms with Gasteiger partial charge in [-0.15, -0.1) is 0 Å². The summed E-state index contributed by atoms with van der Waals surface area (Å²) in [4.78, 5) is 0. The first-order valence-corrected chi connectivity index (χ1v) is 9.55. The van der Waals surface area contributed by atoms with Crippen LogP contribution in [0.2, 0.25) is 0 Å². The lowest BCUT2D eigenvalue weighted by molar-refractivity contribution is -0.435. The van der Waals surface area contributed by atoms with Crippen LogP contribution in [0, 0.1) is 34.5 Å². The van der Waals surface area contributed by atoms with Crippen molar-refractivity contribution in [2.45, 2.75) is 83.5 Å². The van der Waals surface area contributed by atoms with Crippen molar-refractivity contribution in [2.75, 3.05) is 0 Å². The van der Waals surface area contributed by atoms with Gasteiger partial charge in [0.05, 0.1) is 6.10 Å². The molecule has 22 heavy (non-hydrogen) atoms. The number of rotatable bonds is 0. The van der Waals surface area contributed by atoms with Crippen LogP contribution in [-0.2, 0) is 0 Å². The minimum absolute atomic E-state index is 0.0546. The standard InChI is InChI=1S/C19H33NO2/c1-18-7-5-12(21)9-11(18)3-4-13-14(18)6-8-19(2)15(13)10-16(20)17(19)22/h11-17,21-22H,3-10,20H2,1-2H3/p+1/t11-,12-,13-,14-,15-,16-,17+,18-,19+/m1/s1. The molecule has 0 aromatic heterocycles. The number of aliphatic hydroxyl groups is 2. The van der Waals surface area contributed by atoms with Crippen LogP contribution in [0.3, 0.4) is 0 Å². The molecular weight excluding hydrogens is 274 g/mol. The molecule has 0 saturated heterocycles. The van der Waals surface area contributed by atoms with Gasteiger partial charge in [-0.2, -0.15) is 0 Å². The van der Waals surface area contributed by atoms with E-state index in [1.165, 1.54) is 32.1 Å². The lowest BCUT2D eigenvalue weighted by atomic mass is 9.45. The van der Waals surface area contributed by atoms with Crippen LogP contribution in [0.5, 0.6) is 0 Å². The predicted molar refractivity (Wildman–Crippen MR) is 85.8 cm³/mol. The summed E-state index contributed by atoms with van der Waals surface area (Å²) < 4.78 is 0. The van der Waals surface area contributed by atoms with Crippen molar-refractivity contribution in [1.82, 2.24) is 0 Å². The summed E-state index contributed by atoms with van der Waals surface area (Å²) >= 11 is 0. The Hall–Kier alpha value is -0.120. The van der Waals surface area contributed by atoms with Crippen LogP contribution < -0.4 is 5.73 Å². The average molecular weight is 308 g/mol. The van der Waals surface area contributed by atoms with Crippen LogP contribution in [0.25, 0.3) is 0 Å². The lowest BCUT2D eigenvalue weighted by Gasteiger charge is -2.60. The highest BCUT2D eigenvalue weighted by molar-refractivity contribution is 5.11. The molecule has 3 heteroatoms. The van der Waals surface area contributed by atoms with E-state index in [1.807, 2.05) is 0 Å². The smallest absolute Gasteiger partial charge is 0.111 e. The summed E-state index contributed by atoms with van der Waals surface area (Å²) in [7, 11) is 0. The van der Waals surface area contributed by atoms with Crippen LogP contribution in [-0.4, -0.2) is 28.5 Å². The lowest BCUT2D eigenvalue weighted by Crippen LogP contribution is -2.65. The molecule has 126 valence electrons. The molecule has 9 atom stereocenters. The monoisotopic (exact) mass is 308 g/mol. The van der Waals surface area contributed by atoms with E-state index in [1.54, 1.807) is 0 Å². The average Bonchev–Trinajstić information content (AvgIpc) is 2.72. The topological polar surface area (TPSA) is 68.1 Å². The van der Waals surface area contributed by atoms with E-state index >= 15 is 0 Å². The highest BCUT2D eigenvalue weighted by atomic mass is 16.3. The molecule has 0 aliphatic heterocycles. The fraction of sp³-hybridized carbons (Fsp3) is 1.00. The van der Waals surface area contributed by atoms with Gasteiger partial charge < -0.3 is 15.9 Å². The van der Waals surface area contributed by atoms with E-state index < -0.39 is 0 Å². The van der Waals surface area contributed by atoms with Gasteiger partial charge in [0.1, 0.15) is 12.1 Å². The Morgan fingerprint density at radius 3 is 2.36 bits per heavy atom. The molecule has 0 spiro atoms. The Morgan fingerprint density at radius 2 is 1.59 bits per heavy atom. The Morgan fingerprint density at radius 1 is 0.864 bits per heavy atom. The number of hydrogen-bond acceptors (Lipinski definition) is 2. The zero-order valence-corrected chi connectivity index (χ0v) is 14.3. The van der Waals surface area contributed by atoms with E-state index in [0.717, 1.165) is 37.0 Å². The summed E-state index contributed by atoms with van der Waals surface area (Å²) in [5.74, 6) is 3.00. The van der Waals surface area contributed by atoms with Gasteiger partial charge in [0.25, 0.3) is 0 Å². The molecular formula is C19H34NO2+. The molecule has 0 aromatic rings. The van der Waals surface area contributed by atoms with Crippen molar-refractivity contribution in [3.63, 3.8) is 0 Å². The molecule has 4 aliphatic carbocycles. The van der Waals surface area contributed by atoms with E-state index in [0.29, 0.717) is 11.3 Å². The van der Waals surface area contributed by atoms with Crippen LogP contribution in [0.15, 0.2) is 0 Å². The molecule has 4 saturated carbocycles. The molecule has 4 aliphatic rings. The van der Waals surface area contributed by atoms with Gasteiger partial charge >= 0.3 is 0 Å². The molecule has 3 nitrogen and oxygen atoms in total. The molecule has 0 heterocycles. The summed E-state index contributed by atoms with van der Waals surface area (Å²) in [6.07, 6.45) is 9.18. The van der Waals surface area contributed by atoms with E-state index in [9.17, 15) is 10.2 Å². The minimum atomic E-state index is -0.197. The van der Waals surface area contributed by atoms with Crippen molar-refractivity contribution in [2.24, 2.45) is 34.5 Å². The van der Waals surface area contributed by atoms with Crippen molar-refractivity contribution < 1.29 is 15.9 Å². The first-order valence-electron chi connectivity index (χ1n) is 9.55. The molecule has 5 N–H and O–H groups in total. The number of quaternary nitrogens is 1. The first-order chi connectivity index (χ1) is 10.4. The predicted octanol–water partition coefficient (Wildman–Crippen LogP) is 1.97. The molecule has 0 aromatic carbocycles. The third kappa shape index (κ3) is 1.91. The third-order valence-electron chi connectivity index (χ3n) is 8.75. The first kappa shape index (κ1) is 15.4. The highest BCUT2D eigenvalue weighted by Crippen LogP contribution is 2.65. The van der Waals surface area contributed by atoms with E-state index in [4.69, 9.17) is 0 Å². The number of fused-ring (bicyclic) bond motifs is 5. The molecule has 4 rings (SSSR count). The molecule has 0 radical (unpaired) electrons. The van der Waals surface area contributed by atoms with Gasteiger partial charge in [-0.1, -0.05) is 13.8 Å². The Kier molecular flexibility index (Phi) is 3.46. The summed E-state index contributed by atoms with van der Waals surface area (Å²) in [5, 5.41) is 20.8. The van der Waals surface area contributed by atoms with Gasteiger partial charge in [-0.05, 0) is 74.0 Å². The van der Waals surface area contributed by atoms with Crippen molar-refractivity contribution in [3.05, 3.63) is 0 Å². The quantitative estimate of drug-likeness (QED) is 0.640. The molecule has 0 bridgehead atoms. The fourth-order valence-corrected chi connectivity index (χ4v) is 7.39. The summed E-state index contributed by atoms with van der Waals surface area (Å²) in [5.41, 5.74) is 4.81. The highest BCUT2D eigenvalue weighted by Gasteiger charge is 2.62. The second-order valence-electron chi connectivity index (χ2n) is 9.57. The third-order valence-corrected chi connectivity index (χ3v) is 8.75. The van der Waals surface area contributed by atoms with Crippen molar-refractivity contribution in [3.8, 4) is 0 Å². The largest absolute Gasteiger partial charge is 0.393 e. The van der Waals surface area contributed by atoms with Crippen LogP contribution in [0.1, 0.15) is 65.2 Å². The second-order valence-corrected chi connectivity index (χ2v) is 9.57. The zero-order valence-electron chi connectivity index (χ0n) is 14.3. The maximum atomic E-state index is 10.7. The van der Waals surface area contributed by atoms with E-state index in [-0.39, 0.29) is 23.7 Å². The number of aliphatic hydroxyl groups excluding tert-OH is 2. The maximum Gasteiger partial charge on any atom is 0.111 e. The van der Waals surface area contributed by atoms with Crippen molar-refractivity contribution >= 4 is 0 Å². The Labute approximate surface area is 134 Å². The van der Waals surface area contributed by atoms with Crippen LogP contribution >= 0.6 is 0 Å². The van der Waals surface area contributed by atoms with Crippen LogP contribution in [0.4, 0.5) is 0 Å². The van der Waals surface area contributed by atoms with Gasteiger partial charge in [0, 0.05) is 11.8 Å². The molecule has 4 fully saturated rings. The van der Waals surface area contributed by atoms with Gasteiger partial charge in [0.15, 0.2) is 0 Å². The molecule has 0 unspecified atom stereocenters. The Bertz CT molecular complexity index is 455. The normalized spacial score (nSPS) is 61.2. The summed E-state index contributed by atoms with van der Waals surface area (Å²) in [6.45, 7) is 4.86. The van der Waals surface area contributed by atoms with E-state index in [2.05, 4.69) is 19.6 Å².